The van der Waals surface area contributed by atoms with E-state index in [1.54, 1.807) is 61.2 Å². The van der Waals surface area contributed by atoms with Crippen LogP contribution in [0, 0.1) is 21.5 Å². The minimum atomic E-state index is -1.11. The normalized spacial score (nSPS) is 13.1. The third-order valence-electron chi connectivity index (χ3n) is 6.60. The van der Waals surface area contributed by atoms with Gasteiger partial charge < -0.3 is 23.7 Å². The van der Waals surface area contributed by atoms with E-state index in [0.29, 0.717) is 30.6 Å². The standard InChI is InChI=1S/C27H39N3O6S/c1-9-12-26(5,6)24(34)36-17-30-22(31)21-20(29(25(30)37)14-15-35-18(3)4)11-13-28(21)16-19(10-2)27(7,8)23(32)33/h9-11,13,18-19H,1-2,12,14-17H2,3-8H3,(H,32,33). The highest BCUT2D eigenvalue weighted by Crippen LogP contribution is 2.30. The minimum absolute atomic E-state index is 0.0137. The molecule has 1 N–H and O–H groups in total. The van der Waals surface area contributed by atoms with Crippen LogP contribution in [0.15, 0.2) is 42.4 Å². The number of carboxylic acid groups (broad SMARTS) is 1. The van der Waals surface area contributed by atoms with Crippen molar-refractivity contribution in [2.45, 2.75) is 73.9 Å². The molecular weight excluding hydrogens is 494 g/mol. The number of carbonyl (C=O) groups excluding carboxylic acids is 1. The molecule has 0 saturated heterocycles. The molecule has 0 spiro atoms. The maximum Gasteiger partial charge on any atom is 0.313 e. The zero-order valence-electron chi connectivity index (χ0n) is 22.7. The van der Waals surface area contributed by atoms with Crippen molar-refractivity contribution >= 4 is 35.2 Å². The summed E-state index contributed by atoms with van der Waals surface area (Å²) in [4.78, 5) is 38.3. The summed E-state index contributed by atoms with van der Waals surface area (Å²) in [5, 5.41) is 9.72. The molecule has 2 aromatic heterocycles. The average molecular weight is 534 g/mol. The molecule has 0 fully saturated rings. The number of allylic oxidation sites excluding steroid dienone is 2. The van der Waals surface area contributed by atoms with Crippen molar-refractivity contribution in [2.75, 3.05) is 6.61 Å². The zero-order chi connectivity index (χ0) is 28.1. The molecular formula is C27H39N3O6S. The maximum atomic E-state index is 13.7. The van der Waals surface area contributed by atoms with Crippen LogP contribution in [-0.4, -0.2) is 43.5 Å². The molecule has 0 saturated carbocycles. The van der Waals surface area contributed by atoms with Gasteiger partial charge in [-0.05, 0) is 66.2 Å². The largest absolute Gasteiger partial charge is 0.481 e. The lowest BCUT2D eigenvalue weighted by Crippen LogP contribution is -2.35. The first-order chi connectivity index (χ1) is 17.2. The molecule has 0 aliphatic rings. The Bertz CT molecular complexity index is 1280. The fourth-order valence-corrected chi connectivity index (χ4v) is 4.29. The van der Waals surface area contributed by atoms with E-state index in [1.165, 1.54) is 4.57 Å². The van der Waals surface area contributed by atoms with Gasteiger partial charge in [-0.3, -0.25) is 14.4 Å². The van der Waals surface area contributed by atoms with Gasteiger partial charge in [-0.2, -0.15) is 0 Å². The van der Waals surface area contributed by atoms with Gasteiger partial charge in [-0.15, -0.1) is 13.2 Å². The number of aromatic nitrogens is 3. The molecule has 0 bridgehead atoms. The molecule has 9 nitrogen and oxygen atoms in total. The van der Waals surface area contributed by atoms with Gasteiger partial charge in [0.15, 0.2) is 11.5 Å². The summed E-state index contributed by atoms with van der Waals surface area (Å²) in [6, 6.07) is 1.78. The Kier molecular flexibility index (Phi) is 9.84. The van der Waals surface area contributed by atoms with Crippen LogP contribution in [0.2, 0.25) is 0 Å². The Labute approximate surface area is 223 Å². The van der Waals surface area contributed by atoms with Gasteiger partial charge in [0, 0.05) is 25.2 Å². The molecule has 0 aromatic carbocycles. The van der Waals surface area contributed by atoms with Gasteiger partial charge >= 0.3 is 11.9 Å². The molecule has 10 heteroatoms. The molecule has 0 radical (unpaired) electrons. The molecule has 204 valence electrons. The van der Waals surface area contributed by atoms with Gasteiger partial charge in [-0.25, -0.2) is 4.57 Å². The molecule has 2 heterocycles. The van der Waals surface area contributed by atoms with E-state index < -0.39 is 34.2 Å². The number of esters is 1. The van der Waals surface area contributed by atoms with Crippen LogP contribution in [0.4, 0.5) is 0 Å². The number of rotatable bonds is 14. The zero-order valence-corrected chi connectivity index (χ0v) is 23.5. The predicted octanol–water partition coefficient (Wildman–Crippen LogP) is 4.77. The number of carboxylic acids is 1. The van der Waals surface area contributed by atoms with E-state index in [2.05, 4.69) is 13.2 Å². The Morgan fingerprint density at radius 1 is 1.19 bits per heavy atom. The van der Waals surface area contributed by atoms with E-state index in [4.69, 9.17) is 21.7 Å². The van der Waals surface area contributed by atoms with Crippen LogP contribution >= 0.6 is 12.2 Å². The predicted molar refractivity (Wildman–Crippen MR) is 146 cm³/mol. The van der Waals surface area contributed by atoms with E-state index in [0.717, 1.165) is 0 Å². The third-order valence-corrected chi connectivity index (χ3v) is 7.04. The molecule has 2 rings (SSSR count). The van der Waals surface area contributed by atoms with E-state index >= 15 is 0 Å². The smallest absolute Gasteiger partial charge is 0.313 e. The lowest BCUT2D eigenvalue weighted by atomic mass is 9.79. The van der Waals surface area contributed by atoms with Crippen molar-refractivity contribution in [1.29, 1.82) is 0 Å². The number of carbonyl (C=O) groups is 2. The molecule has 1 unspecified atom stereocenters. The van der Waals surface area contributed by atoms with Crippen LogP contribution in [0.1, 0.15) is 48.0 Å². The van der Waals surface area contributed by atoms with E-state index in [9.17, 15) is 19.5 Å². The highest BCUT2D eigenvalue weighted by molar-refractivity contribution is 7.71. The SMILES string of the molecule is C=CCC(C)(C)C(=O)OCn1c(=O)c2c(ccn2CC(C=C)C(C)(C)C(=O)O)n(CCOC(C)C)c1=S. The van der Waals surface area contributed by atoms with Gasteiger partial charge in [-0.1, -0.05) is 12.2 Å². The number of aliphatic carboxylic acids is 1. The topological polar surface area (TPSA) is 105 Å². The summed E-state index contributed by atoms with van der Waals surface area (Å²) in [6.45, 7) is 18.7. The van der Waals surface area contributed by atoms with Crippen molar-refractivity contribution in [1.82, 2.24) is 13.7 Å². The Hall–Kier alpha value is -2.98. The van der Waals surface area contributed by atoms with Crippen LogP contribution in [0.5, 0.6) is 0 Å². The number of hydrogen-bond donors (Lipinski definition) is 1. The Morgan fingerprint density at radius 2 is 1.84 bits per heavy atom. The van der Waals surface area contributed by atoms with Gasteiger partial charge in [0.2, 0.25) is 0 Å². The van der Waals surface area contributed by atoms with E-state index in [1.807, 2.05) is 13.8 Å². The average Bonchev–Trinajstić information content (AvgIpc) is 3.22. The minimum Gasteiger partial charge on any atom is -0.481 e. The molecule has 2 aromatic rings. The molecule has 37 heavy (non-hydrogen) atoms. The summed E-state index contributed by atoms with van der Waals surface area (Å²) in [6.07, 6.45) is 5.40. The molecule has 0 amide bonds. The Morgan fingerprint density at radius 3 is 2.38 bits per heavy atom. The number of nitrogens with zero attached hydrogens (tertiary/aromatic N) is 3. The second-order valence-corrected chi connectivity index (χ2v) is 11.0. The first-order valence-electron chi connectivity index (χ1n) is 12.3. The van der Waals surface area contributed by atoms with Crippen molar-refractivity contribution in [3.8, 4) is 0 Å². The summed E-state index contributed by atoms with van der Waals surface area (Å²) in [5.41, 5.74) is -1.43. The number of fused-ring (bicyclic) bond motifs is 1. The molecule has 0 aliphatic heterocycles. The lowest BCUT2D eigenvalue weighted by Gasteiger charge is -2.28. The van der Waals surface area contributed by atoms with Crippen molar-refractivity contribution < 1.29 is 24.2 Å². The van der Waals surface area contributed by atoms with Gasteiger partial charge in [0.25, 0.3) is 5.56 Å². The fraction of sp³-hybridized carbons (Fsp3) is 0.556. The lowest BCUT2D eigenvalue weighted by molar-refractivity contribution is -0.158. The van der Waals surface area contributed by atoms with E-state index in [-0.39, 0.29) is 24.2 Å². The highest BCUT2D eigenvalue weighted by atomic mass is 32.1. The van der Waals surface area contributed by atoms with Crippen LogP contribution < -0.4 is 5.56 Å². The van der Waals surface area contributed by atoms with Gasteiger partial charge in [0.05, 0.1) is 29.1 Å². The van der Waals surface area contributed by atoms with Crippen LogP contribution in [-0.2, 0) is 38.9 Å². The second-order valence-electron chi connectivity index (χ2n) is 10.6. The summed E-state index contributed by atoms with van der Waals surface area (Å²) >= 11 is 5.66. The fourth-order valence-electron chi connectivity index (χ4n) is 3.97. The molecule has 1 atom stereocenters. The van der Waals surface area contributed by atoms with Crippen molar-refractivity contribution in [2.24, 2.45) is 16.7 Å². The van der Waals surface area contributed by atoms with Crippen molar-refractivity contribution in [3.05, 3.63) is 52.7 Å². The first kappa shape index (κ1) is 30.2. The highest BCUT2D eigenvalue weighted by Gasteiger charge is 2.35. The summed E-state index contributed by atoms with van der Waals surface area (Å²) < 4.78 is 16.2. The number of hydrogen-bond acceptors (Lipinski definition) is 6. The third kappa shape index (κ3) is 6.67. The summed E-state index contributed by atoms with van der Waals surface area (Å²) in [5.74, 6) is -1.91. The van der Waals surface area contributed by atoms with Gasteiger partial charge in [0.1, 0.15) is 5.52 Å². The second kappa shape index (κ2) is 12.0. The monoisotopic (exact) mass is 533 g/mol. The summed E-state index contributed by atoms with van der Waals surface area (Å²) in [7, 11) is 0. The van der Waals surface area contributed by atoms with Crippen LogP contribution in [0.3, 0.4) is 0 Å². The molecule has 0 aliphatic carbocycles. The quantitative estimate of drug-likeness (QED) is 0.212. The van der Waals surface area contributed by atoms with Crippen molar-refractivity contribution in [3.63, 3.8) is 0 Å². The Balaban J connectivity index is 2.62. The number of ether oxygens (including phenoxy) is 2. The van der Waals surface area contributed by atoms with Crippen LogP contribution in [0.25, 0.3) is 11.0 Å². The first-order valence-corrected chi connectivity index (χ1v) is 12.7. The maximum absolute atomic E-state index is 13.7.